The smallest absolute Gasteiger partial charge is 0.105 e. The molecule has 0 aliphatic rings. The molecule has 0 saturated heterocycles. The quantitative estimate of drug-likeness (QED) is 0.916. The topological polar surface area (TPSA) is 42.7 Å². The molecule has 0 aliphatic carbocycles. The van der Waals surface area contributed by atoms with Gasteiger partial charge in [-0.25, -0.2) is 4.98 Å². The molecule has 0 saturated carbocycles. The SMILES string of the molecule is Cc1nccn1Cc1ccc(CNC(C)(C)C)cn1. The van der Waals surface area contributed by atoms with Crippen LogP contribution in [-0.4, -0.2) is 20.1 Å². The van der Waals surface area contributed by atoms with Crippen LogP contribution in [0.4, 0.5) is 0 Å². The molecule has 0 fully saturated rings. The minimum atomic E-state index is 0.132. The summed E-state index contributed by atoms with van der Waals surface area (Å²) in [5, 5.41) is 3.46. The zero-order chi connectivity index (χ0) is 13.9. The number of imidazole rings is 1. The predicted molar refractivity (Wildman–Crippen MR) is 76.9 cm³/mol. The van der Waals surface area contributed by atoms with Crippen molar-refractivity contribution in [3.63, 3.8) is 0 Å². The molecular formula is C15H22N4. The molecule has 2 aromatic heterocycles. The van der Waals surface area contributed by atoms with Gasteiger partial charge in [-0.1, -0.05) is 6.07 Å². The Morgan fingerprint density at radius 2 is 2.00 bits per heavy atom. The third-order valence-electron chi connectivity index (χ3n) is 2.96. The van der Waals surface area contributed by atoms with Crippen molar-refractivity contribution in [2.75, 3.05) is 0 Å². The second kappa shape index (κ2) is 5.53. The number of nitrogens with zero attached hydrogens (tertiary/aromatic N) is 3. The Hall–Kier alpha value is -1.68. The molecule has 0 radical (unpaired) electrons. The number of nitrogens with one attached hydrogen (secondary N) is 1. The first kappa shape index (κ1) is 13.7. The van der Waals surface area contributed by atoms with Gasteiger partial charge in [-0.15, -0.1) is 0 Å². The van der Waals surface area contributed by atoms with Gasteiger partial charge in [-0.2, -0.15) is 0 Å². The molecule has 4 heteroatoms. The second-order valence-electron chi connectivity index (χ2n) is 5.86. The lowest BCUT2D eigenvalue weighted by Crippen LogP contribution is -2.35. The number of aryl methyl sites for hydroxylation is 1. The molecule has 0 bridgehead atoms. The van der Waals surface area contributed by atoms with E-state index in [4.69, 9.17) is 0 Å². The Morgan fingerprint density at radius 1 is 1.21 bits per heavy atom. The maximum Gasteiger partial charge on any atom is 0.105 e. The van der Waals surface area contributed by atoms with Crippen LogP contribution in [0.1, 0.15) is 37.9 Å². The lowest BCUT2D eigenvalue weighted by atomic mass is 10.1. The first-order valence-corrected chi connectivity index (χ1v) is 6.60. The number of rotatable bonds is 4. The normalized spacial score (nSPS) is 11.8. The molecule has 1 N–H and O–H groups in total. The molecule has 0 aliphatic heterocycles. The van der Waals surface area contributed by atoms with Crippen LogP contribution >= 0.6 is 0 Å². The monoisotopic (exact) mass is 258 g/mol. The van der Waals surface area contributed by atoms with Crippen molar-refractivity contribution < 1.29 is 0 Å². The standard InChI is InChI=1S/C15H22N4/c1-12-16-7-8-19(12)11-14-6-5-13(9-17-14)10-18-15(2,3)4/h5-9,18H,10-11H2,1-4H3. The zero-order valence-electron chi connectivity index (χ0n) is 12.1. The Labute approximate surface area is 114 Å². The third kappa shape index (κ3) is 4.17. The van der Waals surface area contributed by atoms with Crippen LogP contribution in [0.25, 0.3) is 0 Å². The average molecular weight is 258 g/mol. The summed E-state index contributed by atoms with van der Waals surface area (Å²) in [6, 6.07) is 4.21. The van der Waals surface area contributed by atoms with Crippen LogP contribution in [0.5, 0.6) is 0 Å². The number of pyridine rings is 1. The van der Waals surface area contributed by atoms with Crippen LogP contribution in [0.2, 0.25) is 0 Å². The number of hydrogen-bond donors (Lipinski definition) is 1. The summed E-state index contributed by atoms with van der Waals surface area (Å²) >= 11 is 0. The maximum absolute atomic E-state index is 4.51. The van der Waals surface area contributed by atoms with Gasteiger partial charge in [0.05, 0.1) is 12.2 Å². The van der Waals surface area contributed by atoms with Crippen LogP contribution < -0.4 is 5.32 Å². The molecular weight excluding hydrogens is 236 g/mol. The minimum absolute atomic E-state index is 0.132. The lowest BCUT2D eigenvalue weighted by Gasteiger charge is -2.20. The fraction of sp³-hybridized carbons (Fsp3) is 0.467. The van der Waals surface area contributed by atoms with E-state index in [0.717, 1.165) is 24.6 Å². The van der Waals surface area contributed by atoms with E-state index in [-0.39, 0.29) is 5.54 Å². The molecule has 0 spiro atoms. The van der Waals surface area contributed by atoms with Crippen LogP contribution in [-0.2, 0) is 13.1 Å². The van der Waals surface area contributed by atoms with Gasteiger partial charge >= 0.3 is 0 Å². The van der Waals surface area contributed by atoms with Gasteiger partial charge in [0.2, 0.25) is 0 Å². The molecule has 19 heavy (non-hydrogen) atoms. The summed E-state index contributed by atoms with van der Waals surface area (Å²) in [6.45, 7) is 10.1. The van der Waals surface area contributed by atoms with Gasteiger partial charge in [0.25, 0.3) is 0 Å². The Balaban J connectivity index is 1.97. The molecule has 2 aromatic rings. The largest absolute Gasteiger partial charge is 0.329 e. The summed E-state index contributed by atoms with van der Waals surface area (Å²) in [6.07, 6.45) is 5.74. The lowest BCUT2D eigenvalue weighted by molar-refractivity contribution is 0.424. The van der Waals surface area contributed by atoms with E-state index < -0.39 is 0 Å². The van der Waals surface area contributed by atoms with Crippen molar-refractivity contribution in [3.8, 4) is 0 Å². The van der Waals surface area contributed by atoms with E-state index in [1.807, 2.05) is 25.5 Å². The zero-order valence-corrected chi connectivity index (χ0v) is 12.1. The molecule has 102 valence electrons. The summed E-state index contributed by atoms with van der Waals surface area (Å²) in [5.74, 6) is 1.01. The fourth-order valence-electron chi connectivity index (χ4n) is 1.77. The Kier molecular flexibility index (Phi) is 4.00. The Morgan fingerprint density at radius 3 is 2.53 bits per heavy atom. The minimum Gasteiger partial charge on any atom is -0.329 e. The van der Waals surface area contributed by atoms with Crippen molar-refractivity contribution in [2.24, 2.45) is 0 Å². The highest BCUT2D eigenvalue weighted by Gasteiger charge is 2.08. The Bertz CT molecular complexity index is 520. The molecule has 2 rings (SSSR count). The first-order valence-electron chi connectivity index (χ1n) is 6.60. The molecule has 2 heterocycles. The summed E-state index contributed by atoms with van der Waals surface area (Å²) < 4.78 is 2.09. The van der Waals surface area contributed by atoms with E-state index in [2.05, 4.69) is 52.8 Å². The van der Waals surface area contributed by atoms with E-state index in [9.17, 15) is 0 Å². The van der Waals surface area contributed by atoms with Gasteiger partial charge in [-0.3, -0.25) is 4.98 Å². The van der Waals surface area contributed by atoms with Gasteiger partial charge in [0.1, 0.15) is 5.82 Å². The summed E-state index contributed by atoms with van der Waals surface area (Å²) in [5.41, 5.74) is 2.40. The van der Waals surface area contributed by atoms with Gasteiger partial charge in [0, 0.05) is 30.7 Å². The fourth-order valence-corrected chi connectivity index (χ4v) is 1.77. The third-order valence-corrected chi connectivity index (χ3v) is 2.96. The van der Waals surface area contributed by atoms with E-state index >= 15 is 0 Å². The van der Waals surface area contributed by atoms with Crippen molar-refractivity contribution in [1.29, 1.82) is 0 Å². The van der Waals surface area contributed by atoms with Crippen molar-refractivity contribution in [1.82, 2.24) is 19.9 Å². The molecule has 0 aromatic carbocycles. The average Bonchev–Trinajstić information content (AvgIpc) is 2.73. The highest BCUT2D eigenvalue weighted by Crippen LogP contribution is 2.06. The van der Waals surface area contributed by atoms with Crippen LogP contribution in [0.3, 0.4) is 0 Å². The van der Waals surface area contributed by atoms with E-state index in [1.54, 1.807) is 0 Å². The predicted octanol–water partition coefficient (Wildman–Crippen LogP) is 2.52. The van der Waals surface area contributed by atoms with Gasteiger partial charge < -0.3 is 9.88 Å². The second-order valence-corrected chi connectivity index (χ2v) is 5.86. The molecule has 0 unspecified atom stereocenters. The highest BCUT2D eigenvalue weighted by molar-refractivity contribution is 5.15. The van der Waals surface area contributed by atoms with Crippen molar-refractivity contribution in [3.05, 3.63) is 47.8 Å². The first-order chi connectivity index (χ1) is 8.94. The highest BCUT2D eigenvalue weighted by atomic mass is 15.1. The van der Waals surface area contributed by atoms with Crippen molar-refractivity contribution in [2.45, 2.75) is 46.3 Å². The van der Waals surface area contributed by atoms with Crippen molar-refractivity contribution >= 4 is 0 Å². The maximum atomic E-state index is 4.51. The van der Waals surface area contributed by atoms with E-state index in [1.165, 1.54) is 5.56 Å². The van der Waals surface area contributed by atoms with Gasteiger partial charge in [-0.05, 0) is 39.3 Å². The molecule has 0 amide bonds. The van der Waals surface area contributed by atoms with E-state index in [0.29, 0.717) is 0 Å². The molecule has 4 nitrogen and oxygen atoms in total. The van der Waals surface area contributed by atoms with Gasteiger partial charge in [0.15, 0.2) is 0 Å². The summed E-state index contributed by atoms with van der Waals surface area (Å²) in [7, 11) is 0. The summed E-state index contributed by atoms with van der Waals surface area (Å²) in [4.78, 5) is 8.72. The molecule has 0 atom stereocenters. The number of aromatic nitrogens is 3. The van der Waals surface area contributed by atoms with Crippen LogP contribution in [0.15, 0.2) is 30.7 Å². The number of hydrogen-bond acceptors (Lipinski definition) is 3. The van der Waals surface area contributed by atoms with Crippen LogP contribution in [0, 0.1) is 6.92 Å².